The van der Waals surface area contributed by atoms with Gasteiger partial charge in [-0.2, -0.15) is 0 Å². The van der Waals surface area contributed by atoms with Crippen molar-refractivity contribution in [3.63, 3.8) is 0 Å². The number of hydrogen-bond acceptors (Lipinski definition) is 3. The highest BCUT2D eigenvalue weighted by Crippen LogP contribution is 2.16. The number of amides is 1. The predicted molar refractivity (Wildman–Crippen MR) is 91.4 cm³/mol. The van der Waals surface area contributed by atoms with E-state index in [0.29, 0.717) is 11.3 Å². The van der Waals surface area contributed by atoms with Crippen LogP contribution in [-0.2, 0) is 9.53 Å². The highest BCUT2D eigenvalue weighted by atomic mass is 16.5. The van der Waals surface area contributed by atoms with Gasteiger partial charge in [-0.1, -0.05) is 30.3 Å². The van der Waals surface area contributed by atoms with E-state index < -0.39 is 5.97 Å². The number of rotatable bonds is 4. The van der Waals surface area contributed by atoms with Gasteiger partial charge >= 0.3 is 5.97 Å². The first-order chi connectivity index (χ1) is 11.0. The summed E-state index contributed by atoms with van der Waals surface area (Å²) in [4.78, 5) is 23.7. The lowest BCUT2D eigenvalue weighted by atomic mass is 10.1. The minimum absolute atomic E-state index is 0.306. The van der Waals surface area contributed by atoms with Gasteiger partial charge < -0.3 is 10.1 Å². The molecule has 2 rings (SSSR count). The standard InChI is InChI=1S/C19H19NO3/c1-13-8-9-15(12-14(13)2)10-11-18(21)20-17-7-5-4-6-16(17)19(22)23-3/h4-12H,1-3H3,(H,20,21)/b11-10+. The number of esters is 1. The number of carbonyl (C=O) groups excluding carboxylic acids is 2. The van der Waals surface area contributed by atoms with Gasteiger partial charge in [-0.05, 0) is 48.7 Å². The first kappa shape index (κ1) is 16.5. The summed E-state index contributed by atoms with van der Waals surface area (Å²) in [6, 6.07) is 12.7. The Labute approximate surface area is 135 Å². The summed E-state index contributed by atoms with van der Waals surface area (Å²) in [5.74, 6) is -0.793. The molecule has 4 nitrogen and oxygen atoms in total. The number of methoxy groups -OCH3 is 1. The molecule has 1 amide bonds. The lowest BCUT2D eigenvalue weighted by Gasteiger charge is -2.07. The summed E-state index contributed by atoms with van der Waals surface area (Å²) in [6.45, 7) is 4.07. The summed E-state index contributed by atoms with van der Waals surface area (Å²) >= 11 is 0. The van der Waals surface area contributed by atoms with Crippen LogP contribution < -0.4 is 5.32 Å². The van der Waals surface area contributed by atoms with Crippen LogP contribution in [-0.4, -0.2) is 19.0 Å². The Bertz CT molecular complexity index is 763. The van der Waals surface area contributed by atoms with E-state index in [0.717, 1.165) is 5.56 Å². The van der Waals surface area contributed by atoms with Gasteiger partial charge in [0.05, 0.1) is 18.4 Å². The van der Waals surface area contributed by atoms with Gasteiger partial charge in [-0.25, -0.2) is 4.79 Å². The van der Waals surface area contributed by atoms with Crippen molar-refractivity contribution in [3.05, 3.63) is 70.8 Å². The summed E-state index contributed by atoms with van der Waals surface area (Å²) < 4.78 is 4.70. The van der Waals surface area contributed by atoms with Gasteiger partial charge in [0, 0.05) is 6.08 Å². The van der Waals surface area contributed by atoms with E-state index in [-0.39, 0.29) is 5.91 Å². The molecule has 0 atom stereocenters. The van der Waals surface area contributed by atoms with Crippen LogP contribution in [0.3, 0.4) is 0 Å². The van der Waals surface area contributed by atoms with E-state index >= 15 is 0 Å². The SMILES string of the molecule is COC(=O)c1ccccc1NC(=O)/C=C/c1ccc(C)c(C)c1. The van der Waals surface area contributed by atoms with Crippen LogP contribution in [0.25, 0.3) is 6.08 Å². The quantitative estimate of drug-likeness (QED) is 0.691. The zero-order chi connectivity index (χ0) is 16.8. The van der Waals surface area contributed by atoms with Gasteiger partial charge in [-0.15, -0.1) is 0 Å². The minimum Gasteiger partial charge on any atom is -0.465 e. The van der Waals surface area contributed by atoms with Crippen LogP contribution in [0.2, 0.25) is 0 Å². The molecule has 0 saturated heterocycles. The van der Waals surface area contributed by atoms with Gasteiger partial charge in [0.25, 0.3) is 0 Å². The molecule has 0 fully saturated rings. The zero-order valence-corrected chi connectivity index (χ0v) is 13.4. The monoisotopic (exact) mass is 309 g/mol. The van der Waals surface area contributed by atoms with Crippen molar-refractivity contribution >= 4 is 23.6 Å². The van der Waals surface area contributed by atoms with Crippen molar-refractivity contribution in [1.29, 1.82) is 0 Å². The Morgan fingerprint density at radius 2 is 1.78 bits per heavy atom. The number of para-hydroxylation sites is 1. The van der Waals surface area contributed by atoms with Crippen molar-refractivity contribution in [2.24, 2.45) is 0 Å². The van der Waals surface area contributed by atoms with Gasteiger partial charge in [0.2, 0.25) is 5.91 Å². The maximum atomic E-state index is 12.1. The molecule has 0 saturated carbocycles. The topological polar surface area (TPSA) is 55.4 Å². The number of aryl methyl sites for hydroxylation is 2. The van der Waals surface area contributed by atoms with Crippen LogP contribution in [0.1, 0.15) is 27.0 Å². The number of ether oxygens (including phenoxy) is 1. The second-order valence-electron chi connectivity index (χ2n) is 5.20. The molecule has 118 valence electrons. The maximum absolute atomic E-state index is 12.1. The second-order valence-corrected chi connectivity index (χ2v) is 5.20. The first-order valence-corrected chi connectivity index (χ1v) is 7.25. The molecule has 0 radical (unpaired) electrons. The van der Waals surface area contributed by atoms with Crippen molar-refractivity contribution in [1.82, 2.24) is 0 Å². The van der Waals surface area contributed by atoms with E-state index in [4.69, 9.17) is 4.74 Å². The Kier molecular flexibility index (Phi) is 5.31. The van der Waals surface area contributed by atoms with Gasteiger partial charge in [0.1, 0.15) is 0 Å². The van der Waals surface area contributed by atoms with Crippen LogP contribution in [0.4, 0.5) is 5.69 Å². The van der Waals surface area contributed by atoms with Gasteiger partial charge in [-0.3, -0.25) is 4.79 Å². The summed E-state index contributed by atoms with van der Waals surface area (Å²) in [5.41, 5.74) is 4.07. The molecule has 1 N–H and O–H groups in total. The van der Waals surface area contributed by atoms with Crippen LogP contribution in [0, 0.1) is 13.8 Å². The number of nitrogens with one attached hydrogen (secondary N) is 1. The second kappa shape index (κ2) is 7.40. The first-order valence-electron chi connectivity index (χ1n) is 7.25. The Morgan fingerprint density at radius 3 is 2.48 bits per heavy atom. The molecular weight excluding hydrogens is 290 g/mol. The smallest absolute Gasteiger partial charge is 0.339 e. The lowest BCUT2D eigenvalue weighted by molar-refractivity contribution is -0.111. The van der Waals surface area contributed by atoms with Crippen LogP contribution in [0.15, 0.2) is 48.5 Å². The highest BCUT2D eigenvalue weighted by Gasteiger charge is 2.11. The van der Waals surface area contributed by atoms with E-state index in [2.05, 4.69) is 5.32 Å². The number of carbonyl (C=O) groups is 2. The minimum atomic E-state index is -0.487. The fourth-order valence-corrected chi connectivity index (χ4v) is 2.09. The fourth-order valence-electron chi connectivity index (χ4n) is 2.09. The van der Waals surface area contributed by atoms with E-state index in [1.807, 2.05) is 32.0 Å². The van der Waals surface area contributed by atoms with Crippen molar-refractivity contribution < 1.29 is 14.3 Å². The Morgan fingerprint density at radius 1 is 1.04 bits per heavy atom. The molecule has 0 aromatic heterocycles. The van der Waals surface area contributed by atoms with Crippen molar-refractivity contribution in [3.8, 4) is 0 Å². The summed E-state index contributed by atoms with van der Waals surface area (Å²) in [6.07, 6.45) is 3.18. The van der Waals surface area contributed by atoms with Gasteiger partial charge in [0.15, 0.2) is 0 Å². The summed E-state index contributed by atoms with van der Waals surface area (Å²) in [7, 11) is 1.31. The Balaban J connectivity index is 2.12. The molecule has 0 spiro atoms. The van der Waals surface area contributed by atoms with E-state index in [1.165, 1.54) is 24.3 Å². The molecule has 0 aliphatic rings. The molecule has 23 heavy (non-hydrogen) atoms. The molecule has 0 aliphatic heterocycles. The molecule has 2 aromatic rings. The van der Waals surface area contributed by atoms with E-state index in [1.54, 1.807) is 30.3 Å². The molecule has 0 bridgehead atoms. The average Bonchev–Trinajstić information content (AvgIpc) is 2.55. The normalized spacial score (nSPS) is 10.6. The molecule has 0 heterocycles. The molecule has 0 unspecified atom stereocenters. The number of hydrogen-bond donors (Lipinski definition) is 1. The molecule has 2 aromatic carbocycles. The lowest BCUT2D eigenvalue weighted by Crippen LogP contribution is -2.12. The fraction of sp³-hybridized carbons (Fsp3) is 0.158. The predicted octanol–water partition coefficient (Wildman–Crippen LogP) is 3.74. The molecule has 4 heteroatoms. The number of anilines is 1. The highest BCUT2D eigenvalue weighted by molar-refractivity contribution is 6.06. The largest absolute Gasteiger partial charge is 0.465 e. The average molecular weight is 309 g/mol. The summed E-state index contributed by atoms with van der Waals surface area (Å²) in [5, 5.41) is 2.70. The van der Waals surface area contributed by atoms with E-state index in [9.17, 15) is 9.59 Å². The van der Waals surface area contributed by atoms with Crippen molar-refractivity contribution in [2.45, 2.75) is 13.8 Å². The zero-order valence-electron chi connectivity index (χ0n) is 13.4. The third-order valence-electron chi connectivity index (χ3n) is 3.55. The maximum Gasteiger partial charge on any atom is 0.339 e. The third kappa shape index (κ3) is 4.30. The number of benzene rings is 2. The van der Waals surface area contributed by atoms with Crippen LogP contribution in [0.5, 0.6) is 0 Å². The molecular formula is C19H19NO3. The molecule has 0 aliphatic carbocycles. The van der Waals surface area contributed by atoms with Crippen molar-refractivity contribution in [2.75, 3.05) is 12.4 Å². The third-order valence-corrected chi connectivity index (χ3v) is 3.55. The van der Waals surface area contributed by atoms with Crippen LogP contribution >= 0.6 is 0 Å². The Hall–Kier alpha value is -2.88.